The summed E-state index contributed by atoms with van der Waals surface area (Å²) in [4.78, 5) is 0. The predicted molar refractivity (Wildman–Crippen MR) is 54.8 cm³/mol. The van der Waals surface area contributed by atoms with Gasteiger partial charge >= 0.3 is 0 Å². The summed E-state index contributed by atoms with van der Waals surface area (Å²) in [5.41, 5.74) is 0. The second-order valence-electron chi connectivity index (χ2n) is 0. The van der Waals surface area contributed by atoms with Gasteiger partial charge in [-0.3, -0.25) is 0 Å². The summed E-state index contributed by atoms with van der Waals surface area (Å²) in [5, 5.41) is 22.0. The Bertz CT molecular complexity index is 20.5. The van der Waals surface area contributed by atoms with E-state index in [9.17, 15) is 0 Å². The molecule has 0 heterocycles. The molecule has 0 fully saturated rings. The Morgan fingerprint density at radius 3 is 0.444 bits per heavy atom. The van der Waals surface area contributed by atoms with Crippen molar-refractivity contribution in [2.75, 3.05) is 0 Å². The highest BCUT2D eigenvalue weighted by Crippen LogP contribution is 0.886. The summed E-state index contributed by atoms with van der Waals surface area (Å²) < 4.78 is 0. The molecule has 0 aliphatic carbocycles. The fourth-order valence-electron chi connectivity index (χ4n) is 0. The van der Waals surface area contributed by atoms with E-state index in [0.717, 1.165) is 0 Å². The maximum Gasteiger partial charge on any atom is -0.0187 e. The molecule has 0 aromatic carbocycles. The summed E-state index contributed by atoms with van der Waals surface area (Å²) in [7, 11) is 0. The van der Waals surface area contributed by atoms with Crippen LogP contribution in [0.25, 0.3) is 0 Å². The third-order valence-corrected chi connectivity index (χ3v) is 0. The Labute approximate surface area is 72.7 Å². The molecule has 0 spiro atoms. The second kappa shape index (κ2) is 875. The quantitative estimate of drug-likeness (QED) is 0.368. The van der Waals surface area contributed by atoms with Crippen LogP contribution < -0.4 is 0 Å². The van der Waals surface area contributed by atoms with E-state index in [1.54, 1.807) is 0 Å². The largest absolute Gasteiger partial charge is 0.317 e. The van der Waals surface area contributed by atoms with Gasteiger partial charge in [-0.1, -0.05) is 0 Å². The summed E-state index contributed by atoms with van der Waals surface area (Å²) in [6, 6.07) is 0. The van der Waals surface area contributed by atoms with Crippen LogP contribution in [0.3, 0.4) is 0 Å². The maximum atomic E-state index is 5.50. The van der Waals surface area contributed by atoms with E-state index in [4.69, 9.17) is 21.6 Å². The van der Waals surface area contributed by atoms with Crippen molar-refractivity contribution in [3.8, 4) is 0 Å². The molecule has 0 aliphatic rings. The van der Waals surface area contributed by atoms with Gasteiger partial charge in [-0.05, 0) is 26.9 Å². The Hall–Kier alpha value is -0.590. The van der Waals surface area contributed by atoms with Crippen molar-refractivity contribution < 1.29 is 0 Å². The topological polar surface area (TPSA) is 95.4 Å². The molecule has 9 heavy (non-hydrogen) atoms. The van der Waals surface area contributed by atoms with Gasteiger partial charge in [0, 0.05) is 0 Å². The molecule has 0 saturated heterocycles. The first kappa shape index (κ1) is 39.7. The molecule has 0 atom stereocenters. The molecule has 4 nitrogen and oxygen atoms in total. The SMILES string of the molecule is C=N.C=N.C=N.C=N.I. The van der Waals surface area contributed by atoms with Crippen molar-refractivity contribution in [3.63, 3.8) is 0 Å². The number of nitrogens with one attached hydrogen (secondary N) is 4. The number of hydrogen-bond donors (Lipinski definition) is 4. The fourth-order valence-corrected chi connectivity index (χ4v) is 0. The summed E-state index contributed by atoms with van der Waals surface area (Å²) in [6.45, 7) is 10.0. The Morgan fingerprint density at radius 1 is 0.444 bits per heavy atom. The lowest BCUT2D eigenvalue weighted by Crippen LogP contribution is -0.827. The van der Waals surface area contributed by atoms with Gasteiger partial charge in [-0.15, -0.1) is 24.0 Å². The molecule has 0 aromatic heterocycles. The number of rotatable bonds is 0. The average Bonchev–Trinajstić information content (AvgIpc) is 2.03. The first-order chi connectivity index (χ1) is 4.00. The first-order valence-corrected chi connectivity index (χ1v) is 1.41. The van der Waals surface area contributed by atoms with Crippen LogP contribution in [0.5, 0.6) is 0 Å². The monoisotopic (exact) mass is 244 g/mol. The Balaban J connectivity index is -0.00000000762. The molecule has 0 aromatic rings. The number of halogens is 1. The van der Waals surface area contributed by atoms with Crippen molar-refractivity contribution in [3.05, 3.63) is 0 Å². The van der Waals surface area contributed by atoms with Crippen LogP contribution in [-0.2, 0) is 0 Å². The van der Waals surface area contributed by atoms with Crippen molar-refractivity contribution in [2.24, 2.45) is 0 Å². The van der Waals surface area contributed by atoms with Gasteiger partial charge in [0.05, 0.1) is 0 Å². The van der Waals surface area contributed by atoms with Gasteiger partial charge in [0.15, 0.2) is 0 Å². The molecule has 0 rings (SSSR count). The lowest BCUT2D eigenvalue weighted by atomic mass is 11.8. The molecular formula is C4H13IN4. The van der Waals surface area contributed by atoms with Gasteiger partial charge < -0.3 is 21.6 Å². The molecular weight excluding hydrogens is 231 g/mol. The molecule has 0 unspecified atom stereocenters. The van der Waals surface area contributed by atoms with Crippen LogP contribution in [0.4, 0.5) is 0 Å². The molecule has 0 saturated carbocycles. The van der Waals surface area contributed by atoms with E-state index < -0.39 is 0 Å². The zero-order valence-corrected chi connectivity index (χ0v) is 7.57. The summed E-state index contributed by atoms with van der Waals surface area (Å²) in [6.07, 6.45) is 0. The van der Waals surface area contributed by atoms with E-state index in [1.807, 2.05) is 0 Å². The van der Waals surface area contributed by atoms with Crippen molar-refractivity contribution in [2.45, 2.75) is 0 Å². The third-order valence-electron chi connectivity index (χ3n) is 0. The van der Waals surface area contributed by atoms with E-state index in [1.165, 1.54) is 0 Å². The van der Waals surface area contributed by atoms with Crippen LogP contribution in [-0.4, -0.2) is 26.9 Å². The van der Waals surface area contributed by atoms with Gasteiger partial charge in [-0.25, -0.2) is 0 Å². The smallest absolute Gasteiger partial charge is 0.0187 e. The molecule has 56 valence electrons. The highest BCUT2D eigenvalue weighted by Gasteiger charge is 0.561. The van der Waals surface area contributed by atoms with E-state index in [-0.39, 0.29) is 24.0 Å². The Kier molecular flexibility index (Phi) is 3860. The number of hydrogen-bond acceptors (Lipinski definition) is 4. The summed E-state index contributed by atoms with van der Waals surface area (Å²) >= 11 is 0. The molecule has 0 amide bonds. The van der Waals surface area contributed by atoms with Crippen LogP contribution in [0.1, 0.15) is 0 Å². The molecule has 0 radical (unpaired) electrons. The van der Waals surface area contributed by atoms with Crippen LogP contribution >= 0.6 is 24.0 Å². The molecule has 4 N–H and O–H groups in total. The minimum absolute atomic E-state index is 0. The van der Waals surface area contributed by atoms with E-state index in [2.05, 4.69) is 26.9 Å². The standard InChI is InChI=1S/4CH3N.HI/c4*1-2;/h4*2H,1H2;1H. The van der Waals surface area contributed by atoms with Gasteiger partial charge in [0.2, 0.25) is 0 Å². The fraction of sp³-hybridized carbons (Fsp3) is 0. The minimum atomic E-state index is 0. The second-order valence-corrected chi connectivity index (χ2v) is 0. The van der Waals surface area contributed by atoms with Crippen molar-refractivity contribution >= 4 is 50.8 Å². The maximum absolute atomic E-state index is 5.50. The van der Waals surface area contributed by atoms with Gasteiger partial charge in [0.25, 0.3) is 0 Å². The van der Waals surface area contributed by atoms with Gasteiger partial charge in [0.1, 0.15) is 0 Å². The van der Waals surface area contributed by atoms with Crippen LogP contribution in [0.2, 0.25) is 0 Å². The first-order valence-electron chi connectivity index (χ1n) is 1.41. The Morgan fingerprint density at radius 2 is 0.444 bits per heavy atom. The van der Waals surface area contributed by atoms with E-state index >= 15 is 0 Å². The lowest BCUT2D eigenvalue weighted by Gasteiger charge is -0.890. The van der Waals surface area contributed by atoms with Crippen molar-refractivity contribution in [1.29, 1.82) is 21.6 Å². The van der Waals surface area contributed by atoms with Crippen LogP contribution in [0, 0.1) is 21.6 Å². The average molecular weight is 244 g/mol. The van der Waals surface area contributed by atoms with Crippen LogP contribution in [0.15, 0.2) is 0 Å². The third kappa shape index (κ3) is 623. The zero-order valence-electron chi connectivity index (χ0n) is 5.24. The lowest BCUT2D eigenvalue weighted by molar-refractivity contribution is 1.61. The summed E-state index contributed by atoms with van der Waals surface area (Å²) in [5.74, 6) is 0. The van der Waals surface area contributed by atoms with Gasteiger partial charge in [-0.2, -0.15) is 0 Å². The highest BCUT2D eigenvalue weighted by atomic mass is 127. The zero-order chi connectivity index (χ0) is 8.00. The normalized spacial score (nSPS) is 1.78. The van der Waals surface area contributed by atoms with E-state index in [0.29, 0.717) is 0 Å². The molecule has 5 heteroatoms. The highest BCUT2D eigenvalue weighted by molar-refractivity contribution is 14.0. The minimum Gasteiger partial charge on any atom is -0.317 e. The molecule has 0 aliphatic heterocycles. The predicted octanol–water partition coefficient (Wildman–Crippen LogP) is 1.68. The van der Waals surface area contributed by atoms with Crippen molar-refractivity contribution in [1.82, 2.24) is 0 Å². The molecule has 0 bridgehead atoms.